The average Bonchev–Trinajstić information content (AvgIpc) is 2.71. The highest BCUT2D eigenvalue weighted by molar-refractivity contribution is 6.44. The van der Waals surface area contributed by atoms with E-state index in [1.165, 1.54) is 4.90 Å². The molecule has 0 radical (unpaired) electrons. The summed E-state index contributed by atoms with van der Waals surface area (Å²) in [5, 5.41) is 2.65. The number of aryl methyl sites for hydroxylation is 1. The number of anilines is 2. The summed E-state index contributed by atoms with van der Waals surface area (Å²) in [7, 11) is 0. The van der Waals surface area contributed by atoms with Crippen LogP contribution in [0.15, 0.2) is 78.9 Å². The van der Waals surface area contributed by atoms with Gasteiger partial charge in [0.25, 0.3) is 0 Å². The van der Waals surface area contributed by atoms with Crippen LogP contribution in [0, 0.1) is 6.92 Å². The Bertz CT molecular complexity index is 953. The highest BCUT2D eigenvalue weighted by Gasteiger charge is 2.22. The topological polar surface area (TPSA) is 58.6 Å². The van der Waals surface area contributed by atoms with Crippen molar-refractivity contribution in [2.45, 2.75) is 13.8 Å². The SMILES string of the molecule is CCN(C(=O)C(=O)Nc1ccc(Oc2ccccc2)cc1)c1cccc(C)c1. The minimum Gasteiger partial charge on any atom is -0.457 e. The van der Waals surface area contributed by atoms with Crippen LogP contribution in [-0.4, -0.2) is 18.4 Å². The van der Waals surface area contributed by atoms with Crippen LogP contribution in [0.3, 0.4) is 0 Å². The van der Waals surface area contributed by atoms with Crippen molar-refractivity contribution in [3.8, 4) is 11.5 Å². The van der Waals surface area contributed by atoms with Gasteiger partial charge in [-0.3, -0.25) is 9.59 Å². The standard InChI is InChI=1S/C23H22N2O3/c1-3-25(19-9-7-8-17(2)16-19)23(27)22(26)24-18-12-14-21(15-13-18)28-20-10-5-4-6-11-20/h4-16H,3H2,1-2H3,(H,24,26). The summed E-state index contributed by atoms with van der Waals surface area (Å²) in [5.41, 5.74) is 2.26. The van der Waals surface area contributed by atoms with Crippen LogP contribution in [0.2, 0.25) is 0 Å². The minimum atomic E-state index is -0.680. The summed E-state index contributed by atoms with van der Waals surface area (Å²) in [4.78, 5) is 26.5. The van der Waals surface area contributed by atoms with Gasteiger partial charge in [-0.15, -0.1) is 0 Å². The molecule has 0 unspecified atom stereocenters. The highest BCUT2D eigenvalue weighted by Crippen LogP contribution is 2.23. The molecule has 0 aliphatic carbocycles. The molecule has 0 bridgehead atoms. The van der Waals surface area contributed by atoms with E-state index in [1.54, 1.807) is 24.3 Å². The van der Waals surface area contributed by atoms with Gasteiger partial charge >= 0.3 is 11.8 Å². The van der Waals surface area contributed by atoms with Crippen LogP contribution in [0.4, 0.5) is 11.4 Å². The Kier molecular flexibility index (Phi) is 6.07. The smallest absolute Gasteiger partial charge is 0.316 e. The number of ether oxygens (including phenoxy) is 1. The van der Waals surface area contributed by atoms with E-state index in [1.807, 2.05) is 68.4 Å². The van der Waals surface area contributed by atoms with Crippen LogP contribution >= 0.6 is 0 Å². The fourth-order valence-corrected chi connectivity index (χ4v) is 2.78. The number of carbonyl (C=O) groups excluding carboxylic acids is 2. The number of nitrogens with zero attached hydrogens (tertiary/aromatic N) is 1. The van der Waals surface area contributed by atoms with E-state index in [-0.39, 0.29) is 0 Å². The van der Waals surface area contributed by atoms with Gasteiger partial charge in [0.1, 0.15) is 11.5 Å². The van der Waals surface area contributed by atoms with E-state index < -0.39 is 11.8 Å². The van der Waals surface area contributed by atoms with Crippen molar-refractivity contribution in [3.63, 3.8) is 0 Å². The fourth-order valence-electron chi connectivity index (χ4n) is 2.78. The molecule has 0 saturated carbocycles. The van der Waals surface area contributed by atoms with Crippen LogP contribution < -0.4 is 15.0 Å². The van der Waals surface area contributed by atoms with Gasteiger partial charge < -0.3 is 15.0 Å². The molecule has 0 aromatic heterocycles. The lowest BCUT2D eigenvalue weighted by atomic mass is 10.2. The molecule has 0 heterocycles. The van der Waals surface area contributed by atoms with Gasteiger partial charge in [0.15, 0.2) is 0 Å². The molecule has 0 spiro atoms. The quantitative estimate of drug-likeness (QED) is 0.654. The molecule has 3 aromatic carbocycles. The Morgan fingerprint density at radius 2 is 1.57 bits per heavy atom. The van der Waals surface area contributed by atoms with Gasteiger partial charge in [0.05, 0.1) is 0 Å². The van der Waals surface area contributed by atoms with Crippen molar-refractivity contribution in [1.82, 2.24) is 0 Å². The number of likely N-dealkylation sites (N-methyl/N-ethyl adjacent to an activating group) is 1. The molecule has 28 heavy (non-hydrogen) atoms. The molecular formula is C23H22N2O3. The van der Waals surface area contributed by atoms with Crippen molar-refractivity contribution in [2.75, 3.05) is 16.8 Å². The predicted molar refractivity (Wildman–Crippen MR) is 111 cm³/mol. The normalized spacial score (nSPS) is 10.2. The predicted octanol–water partition coefficient (Wildman–Crippen LogP) is 4.78. The second kappa shape index (κ2) is 8.86. The number of rotatable bonds is 5. The number of carbonyl (C=O) groups is 2. The van der Waals surface area contributed by atoms with E-state index in [0.29, 0.717) is 23.7 Å². The number of benzene rings is 3. The highest BCUT2D eigenvalue weighted by atomic mass is 16.5. The number of hydrogen-bond donors (Lipinski definition) is 1. The van der Waals surface area contributed by atoms with Crippen LogP contribution in [-0.2, 0) is 9.59 Å². The zero-order valence-electron chi connectivity index (χ0n) is 15.9. The summed E-state index contributed by atoms with van der Waals surface area (Å²) >= 11 is 0. The molecule has 5 nitrogen and oxygen atoms in total. The maximum atomic E-state index is 12.6. The second-order valence-corrected chi connectivity index (χ2v) is 6.28. The molecule has 2 amide bonds. The van der Waals surface area contributed by atoms with Gasteiger partial charge in [-0.05, 0) is 67.9 Å². The number of nitrogens with one attached hydrogen (secondary N) is 1. The number of para-hydroxylation sites is 1. The monoisotopic (exact) mass is 374 g/mol. The molecule has 0 fully saturated rings. The van der Waals surface area contributed by atoms with Crippen molar-refractivity contribution < 1.29 is 14.3 Å². The first kappa shape index (κ1) is 19.2. The van der Waals surface area contributed by atoms with E-state index in [0.717, 1.165) is 11.3 Å². The molecule has 3 rings (SSSR count). The zero-order valence-corrected chi connectivity index (χ0v) is 15.9. The molecule has 142 valence electrons. The van der Waals surface area contributed by atoms with E-state index in [4.69, 9.17) is 4.74 Å². The first-order chi connectivity index (χ1) is 13.6. The Labute approximate surface area is 164 Å². The second-order valence-electron chi connectivity index (χ2n) is 6.28. The summed E-state index contributed by atoms with van der Waals surface area (Å²) in [6, 6.07) is 23.8. The number of hydrogen-bond acceptors (Lipinski definition) is 3. The van der Waals surface area contributed by atoms with Crippen molar-refractivity contribution in [3.05, 3.63) is 84.4 Å². The first-order valence-electron chi connectivity index (χ1n) is 9.09. The maximum absolute atomic E-state index is 12.6. The molecule has 1 N–H and O–H groups in total. The van der Waals surface area contributed by atoms with Gasteiger partial charge in [0, 0.05) is 17.9 Å². The van der Waals surface area contributed by atoms with E-state index >= 15 is 0 Å². The maximum Gasteiger partial charge on any atom is 0.316 e. The summed E-state index contributed by atoms with van der Waals surface area (Å²) in [6.07, 6.45) is 0. The fraction of sp³-hybridized carbons (Fsp3) is 0.130. The Hall–Kier alpha value is -3.60. The van der Waals surface area contributed by atoms with Crippen LogP contribution in [0.25, 0.3) is 0 Å². The van der Waals surface area contributed by atoms with E-state index in [9.17, 15) is 9.59 Å². The minimum absolute atomic E-state index is 0.402. The van der Waals surface area contributed by atoms with E-state index in [2.05, 4.69) is 5.32 Å². The third-order valence-corrected chi connectivity index (χ3v) is 4.16. The molecule has 5 heteroatoms. The molecule has 0 aliphatic rings. The molecular weight excluding hydrogens is 352 g/mol. The van der Waals surface area contributed by atoms with Gasteiger partial charge in [-0.1, -0.05) is 30.3 Å². The molecule has 3 aromatic rings. The van der Waals surface area contributed by atoms with Crippen LogP contribution in [0.5, 0.6) is 11.5 Å². The molecule has 0 aliphatic heterocycles. The van der Waals surface area contributed by atoms with Gasteiger partial charge in [-0.25, -0.2) is 0 Å². The lowest BCUT2D eigenvalue weighted by molar-refractivity contribution is -0.134. The largest absolute Gasteiger partial charge is 0.457 e. The summed E-state index contributed by atoms with van der Waals surface area (Å²) < 4.78 is 5.72. The average molecular weight is 374 g/mol. The summed E-state index contributed by atoms with van der Waals surface area (Å²) in [6.45, 7) is 4.18. The molecule has 0 saturated heterocycles. The Morgan fingerprint density at radius 1 is 0.893 bits per heavy atom. The van der Waals surface area contributed by atoms with Crippen molar-refractivity contribution in [2.24, 2.45) is 0 Å². The lowest BCUT2D eigenvalue weighted by Crippen LogP contribution is -2.39. The third-order valence-electron chi connectivity index (χ3n) is 4.16. The Balaban J connectivity index is 1.65. The van der Waals surface area contributed by atoms with Gasteiger partial charge in [-0.2, -0.15) is 0 Å². The first-order valence-corrected chi connectivity index (χ1v) is 9.09. The van der Waals surface area contributed by atoms with Gasteiger partial charge in [0.2, 0.25) is 0 Å². The van der Waals surface area contributed by atoms with Crippen molar-refractivity contribution in [1.29, 1.82) is 0 Å². The zero-order chi connectivity index (χ0) is 19.9. The van der Waals surface area contributed by atoms with Crippen molar-refractivity contribution >= 4 is 23.2 Å². The summed E-state index contributed by atoms with van der Waals surface area (Å²) in [5.74, 6) is 0.0921. The lowest BCUT2D eigenvalue weighted by Gasteiger charge is -2.20. The Morgan fingerprint density at radius 3 is 2.21 bits per heavy atom. The molecule has 0 atom stereocenters. The third kappa shape index (κ3) is 4.76. The van der Waals surface area contributed by atoms with Crippen LogP contribution in [0.1, 0.15) is 12.5 Å². The number of amides is 2.